The molecule has 2 heterocycles. The van der Waals surface area contributed by atoms with Crippen molar-refractivity contribution in [2.75, 3.05) is 43.4 Å². The van der Waals surface area contributed by atoms with Crippen LogP contribution in [0.4, 0.5) is 25.4 Å². The summed E-state index contributed by atoms with van der Waals surface area (Å²) in [5.41, 5.74) is 2.52. The van der Waals surface area contributed by atoms with Gasteiger partial charge in [0, 0.05) is 44.1 Å². The second-order valence-electron chi connectivity index (χ2n) is 6.98. The third-order valence-corrected chi connectivity index (χ3v) is 4.74. The highest BCUT2D eigenvalue weighted by molar-refractivity contribution is 5.99. The lowest BCUT2D eigenvalue weighted by Crippen LogP contribution is -2.48. The van der Waals surface area contributed by atoms with Gasteiger partial charge in [-0.25, -0.2) is 14.0 Å². The van der Waals surface area contributed by atoms with Crippen molar-refractivity contribution in [3.05, 3.63) is 53.6 Å². The third-order valence-electron chi connectivity index (χ3n) is 4.74. The highest BCUT2D eigenvalue weighted by Crippen LogP contribution is 2.16. The van der Waals surface area contributed by atoms with Crippen molar-refractivity contribution < 1.29 is 19.1 Å². The number of urea groups is 1. The van der Waals surface area contributed by atoms with Gasteiger partial charge >= 0.3 is 12.1 Å². The molecule has 3 amide bonds. The minimum absolute atomic E-state index is 0.369. The van der Waals surface area contributed by atoms with Gasteiger partial charge in [0.25, 0.3) is 0 Å². The van der Waals surface area contributed by atoms with E-state index in [2.05, 4.69) is 20.5 Å². The van der Waals surface area contributed by atoms with E-state index in [1.165, 1.54) is 17.0 Å². The molecule has 1 aliphatic heterocycles. The van der Waals surface area contributed by atoms with Crippen LogP contribution in [0.2, 0.25) is 0 Å². The molecule has 1 aromatic heterocycles. The first kappa shape index (κ1) is 20.5. The molecule has 0 saturated carbocycles. The molecule has 154 valence electrons. The zero-order chi connectivity index (χ0) is 20.8. The number of amides is 3. The number of carbonyl (C=O) groups is 2. The summed E-state index contributed by atoms with van der Waals surface area (Å²) in [4.78, 5) is 30.8. The van der Waals surface area contributed by atoms with Gasteiger partial charge in [-0.3, -0.25) is 9.88 Å². The molecular formula is C20H24FN5O3. The quantitative estimate of drug-likeness (QED) is 0.716. The molecule has 0 unspecified atom stereocenters. The molecule has 0 bridgehead atoms. The van der Waals surface area contributed by atoms with Crippen LogP contribution < -0.4 is 10.6 Å². The Morgan fingerprint density at radius 3 is 2.48 bits per heavy atom. The molecule has 29 heavy (non-hydrogen) atoms. The summed E-state index contributed by atoms with van der Waals surface area (Å²) in [6, 6.07) is 7.50. The van der Waals surface area contributed by atoms with E-state index in [1.54, 1.807) is 24.4 Å². The van der Waals surface area contributed by atoms with Crippen molar-refractivity contribution in [3.63, 3.8) is 0 Å². The highest BCUT2D eigenvalue weighted by Gasteiger charge is 2.20. The van der Waals surface area contributed by atoms with Crippen LogP contribution in [-0.2, 0) is 6.42 Å². The number of pyridine rings is 1. The van der Waals surface area contributed by atoms with Crippen molar-refractivity contribution >= 4 is 23.5 Å². The minimum Gasteiger partial charge on any atom is -0.465 e. The van der Waals surface area contributed by atoms with Gasteiger partial charge in [0.1, 0.15) is 5.82 Å². The summed E-state index contributed by atoms with van der Waals surface area (Å²) in [5.74, 6) is -0.425. The fourth-order valence-corrected chi connectivity index (χ4v) is 3.15. The Kier molecular flexibility index (Phi) is 6.61. The summed E-state index contributed by atoms with van der Waals surface area (Å²) in [7, 11) is 0. The van der Waals surface area contributed by atoms with Gasteiger partial charge in [0.15, 0.2) is 0 Å². The summed E-state index contributed by atoms with van der Waals surface area (Å²) in [6.07, 6.45) is 1.25. The van der Waals surface area contributed by atoms with Crippen LogP contribution in [0.25, 0.3) is 0 Å². The maximum atomic E-state index is 14.0. The number of aryl methyl sites for hydroxylation is 1. The van der Waals surface area contributed by atoms with Gasteiger partial charge in [0.05, 0.1) is 11.9 Å². The minimum atomic E-state index is -0.898. The zero-order valence-electron chi connectivity index (χ0n) is 16.2. The van der Waals surface area contributed by atoms with Gasteiger partial charge in [-0.15, -0.1) is 0 Å². The number of rotatable bonds is 5. The Labute approximate surface area is 168 Å². The molecule has 1 aliphatic rings. The molecule has 2 aromatic rings. The first-order chi connectivity index (χ1) is 13.9. The number of aromatic nitrogens is 1. The number of halogens is 1. The lowest BCUT2D eigenvalue weighted by Gasteiger charge is -2.33. The van der Waals surface area contributed by atoms with Crippen LogP contribution in [-0.4, -0.2) is 64.7 Å². The zero-order valence-corrected chi connectivity index (χ0v) is 16.2. The molecule has 8 nitrogen and oxygen atoms in total. The number of piperazine rings is 1. The van der Waals surface area contributed by atoms with Gasteiger partial charge < -0.3 is 20.6 Å². The molecule has 0 atom stereocenters. The summed E-state index contributed by atoms with van der Waals surface area (Å²) >= 11 is 0. The predicted molar refractivity (Wildman–Crippen MR) is 108 cm³/mol. The molecule has 3 N–H and O–H groups in total. The van der Waals surface area contributed by atoms with E-state index >= 15 is 0 Å². The number of carboxylic acid groups (broad SMARTS) is 1. The van der Waals surface area contributed by atoms with E-state index in [1.807, 2.05) is 6.92 Å². The van der Waals surface area contributed by atoms with Crippen LogP contribution in [0.1, 0.15) is 11.3 Å². The fourth-order valence-electron chi connectivity index (χ4n) is 3.15. The predicted octanol–water partition coefficient (Wildman–Crippen LogP) is 3.01. The van der Waals surface area contributed by atoms with Gasteiger partial charge in [-0.1, -0.05) is 0 Å². The lowest BCUT2D eigenvalue weighted by molar-refractivity contribution is 0.106. The van der Waals surface area contributed by atoms with Gasteiger partial charge in [-0.2, -0.15) is 0 Å². The van der Waals surface area contributed by atoms with E-state index < -0.39 is 17.9 Å². The topological polar surface area (TPSA) is 97.8 Å². The number of carbonyl (C=O) groups excluding carboxylic acids is 1. The Hall–Kier alpha value is -3.20. The number of anilines is 2. The van der Waals surface area contributed by atoms with Crippen molar-refractivity contribution in [2.45, 2.75) is 13.3 Å². The smallest absolute Gasteiger partial charge is 0.407 e. The Balaban J connectivity index is 1.53. The lowest BCUT2D eigenvalue weighted by atomic mass is 10.1. The second-order valence-corrected chi connectivity index (χ2v) is 6.98. The first-order valence-corrected chi connectivity index (χ1v) is 9.39. The van der Waals surface area contributed by atoms with Crippen LogP contribution in [0.15, 0.2) is 36.5 Å². The molecule has 9 heteroatoms. The van der Waals surface area contributed by atoms with Crippen molar-refractivity contribution in [1.29, 1.82) is 0 Å². The molecular weight excluding hydrogens is 377 g/mol. The van der Waals surface area contributed by atoms with Gasteiger partial charge in [0.2, 0.25) is 0 Å². The molecule has 1 saturated heterocycles. The Morgan fingerprint density at radius 1 is 1.10 bits per heavy atom. The average molecular weight is 401 g/mol. The van der Waals surface area contributed by atoms with Gasteiger partial charge in [-0.05, 0) is 49.2 Å². The largest absolute Gasteiger partial charge is 0.465 e. The average Bonchev–Trinajstić information content (AvgIpc) is 2.68. The van der Waals surface area contributed by atoms with Crippen LogP contribution >= 0.6 is 0 Å². The van der Waals surface area contributed by atoms with Crippen molar-refractivity contribution in [1.82, 2.24) is 14.8 Å². The summed E-state index contributed by atoms with van der Waals surface area (Å²) in [6.45, 7) is 4.79. The summed E-state index contributed by atoms with van der Waals surface area (Å²) < 4.78 is 14.0. The SMILES string of the molecule is Cc1ccc(NC(=O)Nc2cc(F)cc(CCN3CCN(C(=O)O)CC3)c2)cn1. The normalized spacial score (nSPS) is 14.5. The van der Waals surface area contributed by atoms with Crippen LogP contribution in [0, 0.1) is 12.7 Å². The van der Waals surface area contributed by atoms with E-state index in [4.69, 9.17) is 5.11 Å². The molecule has 0 spiro atoms. The van der Waals surface area contributed by atoms with Crippen LogP contribution in [0.5, 0.6) is 0 Å². The van der Waals surface area contributed by atoms with Crippen molar-refractivity contribution in [2.24, 2.45) is 0 Å². The van der Waals surface area contributed by atoms with E-state index in [0.29, 0.717) is 50.5 Å². The fraction of sp³-hybridized carbons (Fsp3) is 0.350. The van der Waals surface area contributed by atoms with Crippen LogP contribution in [0.3, 0.4) is 0 Å². The second kappa shape index (κ2) is 9.33. The number of nitrogens with zero attached hydrogens (tertiary/aromatic N) is 3. The molecule has 0 aliphatic carbocycles. The maximum absolute atomic E-state index is 14.0. The number of nitrogens with one attached hydrogen (secondary N) is 2. The van der Waals surface area contributed by atoms with E-state index in [0.717, 1.165) is 11.3 Å². The Morgan fingerprint density at radius 2 is 1.83 bits per heavy atom. The first-order valence-electron chi connectivity index (χ1n) is 9.39. The van der Waals surface area contributed by atoms with E-state index in [9.17, 15) is 14.0 Å². The van der Waals surface area contributed by atoms with E-state index in [-0.39, 0.29) is 0 Å². The monoisotopic (exact) mass is 401 g/mol. The highest BCUT2D eigenvalue weighted by atomic mass is 19.1. The molecule has 3 rings (SSSR count). The standard InChI is InChI=1S/C20H24FN5O3/c1-14-2-3-17(13-22-14)23-19(27)24-18-11-15(10-16(21)12-18)4-5-25-6-8-26(9-7-25)20(28)29/h2-3,10-13H,4-9H2,1H3,(H,28,29)(H2,23,24,27). The molecule has 1 fully saturated rings. The molecule has 1 aromatic carbocycles. The third kappa shape index (κ3) is 6.15. The molecule has 0 radical (unpaired) electrons. The number of hydrogen-bond acceptors (Lipinski definition) is 4. The van der Waals surface area contributed by atoms with Crippen molar-refractivity contribution in [3.8, 4) is 0 Å². The number of hydrogen-bond donors (Lipinski definition) is 3. The summed E-state index contributed by atoms with van der Waals surface area (Å²) in [5, 5.41) is 14.3. The number of benzene rings is 1. The maximum Gasteiger partial charge on any atom is 0.407 e. The Bertz CT molecular complexity index is 867.